The maximum atomic E-state index is 10.5. The number of ether oxygens (including phenoxy) is 1. The summed E-state index contributed by atoms with van der Waals surface area (Å²) in [5, 5.41) is 0. The molecule has 0 saturated heterocycles. The zero-order valence-electron chi connectivity index (χ0n) is 6.52. The molecule has 1 unspecified atom stereocenters. The van der Waals surface area contributed by atoms with Gasteiger partial charge in [-0.1, -0.05) is 13.5 Å². The van der Waals surface area contributed by atoms with Gasteiger partial charge in [-0.25, -0.2) is 13.2 Å². The molecule has 0 radical (unpaired) electrons. The number of esters is 1. The van der Waals surface area contributed by atoms with Crippen molar-refractivity contribution in [1.29, 1.82) is 0 Å². The lowest BCUT2D eigenvalue weighted by Crippen LogP contribution is -2.25. The van der Waals surface area contributed by atoms with Crippen molar-refractivity contribution in [3.63, 3.8) is 0 Å². The molecule has 12 heavy (non-hydrogen) atoms. The van der Waals surface area contributed by atoms with Gasteiger partial charge in [0.2, 0.25) is 0 Å². The lowest BCUT2D eigenvalue weighted by atomic mass is 10.5. The van der Waals surface area contributed by atoms with Crippen LogP contribution in [0.25, 0.3) is 0 Å². The third-order valence-electron chi connectivity index (χ3n) is 1.07. The number of hydrogen-bond acceptors (Lipinski definition) is 5. The average molecular weight is 193 g/mol. The standard InChI is InChI=1S/C6H10O5S/c1-3-5(7)11-6(4-2)12(8,9)10/h3,6H,1,4H2,2H3,(H,8,9,10)/p-1. The van der Waals surface area contributed by atoms with E-state index in [2.05, 4.69) is 11.3 Å². The summed E-state index contributed by atoms with van der Waals surface area (Å²) < 4.78 is 35.3. The van der Waals surface area contributed by atoms with Gasteiger partial charge in [-0.05, 0) is 6.42 Å². The summed E-state index contributed by atoms with van der Waals surface area (Å²) in [7, 11) is -4.56. The molecule has 0 bridgehead atoms. The zero-order valence-corrected chi connectivity index (χ0v) is 7.33. The van der Waals surface area contributed by atoms with Crippen LogP contribution in [0, 0.1) is 0 Å². The Balaban J connectivity index is 4.40. The van der Waals surface area contributed by atoms with Crippen LogP contribution in [-0.2, 0) is 19.6 Å². The molecular formula is C6H9O5S-. The maximum Gasteiger partial charge on any atom is 0.331 e. The van der Waals surface area contributed by atoms with Crippen molar-refractivity contribution in [2.24, 2.45) is 0 Å². The van der Waals surface area contributed by atoms with Crippen molar-refractivity contribution in [1.82, 2.24) is 0 Å². The summed E-state index contributed by atoms with van der Waals surface area (Å²) in [6.07, 6.45) is 0.735. The van der Waals surface area contributed by atoms with E-state index in [9.17, 15) is 17.8 Å². The van der Waals surface area contributed by atoms with Gasteiger partial charge >= 0.3 is 5.97 Å². The lowest BCUT2D eigenvalue weighted by Gasteiger charge is -2.18. The molecule has 1 atom stereocenters. The lowest BCUT2D eigenvalue weighted by molar-refractivity contribution is -0.139. The Bertz CT molecular complexity index is 266. The zero-order chi connectivity index (χ0) is 9.78. The number of carbonyl (C=O) groups excluding carboxylic acids is 1. The molecule has 0 heterocycles. The molecule has 0 rings (SSSR count). The molecule has 0 aliphatic heterocycles. The van der Waals surface area contributed by atoms with Gasteiger partial charge in [-0.3, -0.25) is 0 Å². The van der Waals surface area contributed by atoms with Crippen LogP contribution in [0.5, 0.6) is 0 Å². The first-order valence-electron chi connectivity index (χ1n) is 3.19. The van der Waals surface area contributed by atoms with Crippen LogP contribution in [0.2, 0.25) is 0 Å². The molecule has 6 heteroatoms. The number of rotatable bonds is 4. The summed E-state index contributed by atoms with van der Waals surface area (Å²) in [6, 6.07) is 0. The highest BCUT2D eigenvalue weighted by molar-refractivity contribution is 7.86. The quantitative estimate of drug-likeness (QED) is 0.356. The van der Waals surface area contributed by atoms with Crippen molar-refractivity contribution >= 4 is 16.1 Å². The smallest absolute Gasteiger partial charge is 0.331 e. The van der Waals surface area contributed by atoms with Crippen LogP contribution < -0.4 is 0 Å². The first-order chi connectivity index (χ1) is 5.41. The van der Waals surface area contributed by atoms with Crippen LogP contribution in [0.1, 0.15) is 13.3 Å². The van der Waals surface area contributed by atoms with Crippen LogP contribution in [0.4, 0.5) is 0 Å². The van der Waals surface area contributed by atoms with E-state index in [1.807, 2.05) is 0 Å². The monoisotopic (exact) mass is 193 g/mol. The van der Waals surface area contributed by atoms with Gasteiger partial charge in [0.15, 0.2) is 5.44 Å². The van der Waals surface area contributed by atoms with Gasteiger partial charge in [0.25, 0.3) is 0 Å². The Kier molecular flexibility index (Phi) is 3.91. The fraction of sp³-hybridized carbons (Fsp3) is 0.500. The molecular weight excluding hydrogens is 184 g/mol. The van der Waals surface area contributed by atoms with Gasteiger partial charge in [0, 0.05) is 6.08 Å². The molecule has 70 valence electrons. The molecule has 0 amide bonds. The van der Waals surface area contributed by atoms with Gasteiger partial charge in [0.05, 0.1) is 0 Å². The van der Waals surface area contributed by atoms with Crippen molar-refractivity contribution in [3.8, 4) is 0 Å². The van der Waals surface area contributed by atoms with Crippen molar-refractivity contribution < 1.29 is 22.5 Å². The highest BCUT2D eigenvalue weighted by Gasteiger charge is 2.16. The number of carbonyl (C=O) groups is 1. The highest BCUT2D eigenvalue weighted by Crippen LogP contribution is 2.05. The Hall–Kier alpha value is -0.880. The fourth-order valence-electron chi connectivity index (χ4n) is 0.524. The molecule has 0 aliphatic rings. The summed E-state index contributed by atoms with van der Waals surface area (Å²) in [5.41, 5.74) is -1.61. The van der Waals surface area contributed by atoms with E-state index in [0.717, 1.165) is 6.08 Å². The molecule has 0 fully saturated rings. The molecule has 0 aromatic heterocycles. The van der Waals surface area contributed by atoms with E-state index in [1.165, 1.54) is 6.92 Å². The van der Waals surface area contributed by atoms with Gasteiger partial charge in [0.1, 0.15) is 10.1 Å². The van der Waals surface area contributed by atoms with E-state index in [1.54, 1.807) is 0 Å². The fourth-order valence-corrected chi connectivity index (χ4v) is 1.14. The van der Waals surface area contributed by atoms with Crippen LogP contribution in [-0.4, -0.2) is 24.4 Å². The van der Waals surface area contributed by atoms with Crippen LogP contribution >= 0.6 is 0 Å². The molecule has 0 N–H and O–H groups in total. The minimum Gasteiger partial charge on any atom is -0.745 e. The third-order valence-corrected chi connectivity index (χ3v) is 2.14. The third kappa shape index (κ3) is 3.49. The molecule has 0 aromatic rings. The maximum absolute atomic E-state index is 10.5. The molecule has 0 aliphatic carbocycles. The summed E-state index contributed by atoms with van der Waals surface area (Å²) in [6.45, 7) is 4.49. The summed E-state index contributed by atoms with van der Waals surface area (Å²) >= 11 is 0. The minimum atomic E-state index is -4.56. The largest absolute Gasteiger partial charge is 0.745 e. The van der Waals surface area contributed by atoms with Crippen molar-refractivity contribution in [2.45, 2.75) is 18.8 Å². The normalized spacial score (nSPS) is 13.5. The minimum absolute atomic E-state index is 0.0641. The first kappa shape index (κ1) is 11.1. The Labute approximate surface area is 70.8 Å². The topological polar surface area (TPSA) is 83.5 Å². The molecule has 0 spiro atoms. The predicted octanol–water partition coefficient (Wildman–Crippen LogP) is -0.00310. The van der Waals surface area contributed by atoms with Gasteiger partial charge in [-0.2, -0.15) is 0 Å². The molecule has 0 aromatic carbocycles. The van der Waals surface area contributed by atoms with E-state index in [4.69, 9.17) is 0 Å². The van der Waals surface area contributed by atoms with Crippen LogP contribution in [0.15, 0.2) is 12.7 Å². The Morgan fingerprint density at radius 2 is 2.25 bits per heavy atom. The Morgan fingerprint density at radius 1 is 1.75 bits per heavy atom. The average Bonchev–Trinajstić information content (AvgIpc) is 1.97. The summed E-state index contributed by atoms with van der Waals surface area (Å²) in [4.78, 5) is 10.5. The highest BCUT2D eigenvalue weighted by atomic mass is 32.2. The van der Waals surface area contributed by atoms with E-state index in [-0.39, 0.29) is 6.42 Å². The van der Waals surface area contributed by atoms with E-state index in [0.29, 0.717) is 0 Å². The second kappa shape index (κ2) is 4.22. The number of hydrogen-bond donors (Lipinski definition) is 0. The van der Waals surface area contributed by atoms with Crippen molar-refractivity contribution in [3.05, 3.63) is 12.7 Å². The van der Waals surface area contributed by atoms with E-state index >= 15 is 0 Å². The SMILES string of the molecule is C=CC(=O)OC(CC)S(=O)(=O)[O-]. The molecule has 5 nitrogen and oxygen atoms in total. The van der Waals surface area contributed by atoms with Gasteiger partial charge < -0.3 is 9.29 Å². The predicted molar refractivity (Wildman–Crippen MR) is 40.1 cm³/mol. The van der Waals surface area contributed by atoms with Crippen LogP contribution in [0.3, 0.4) is 0 Å². The van der Waals surface area contributed by atoms with Crippen molar-refractivity contribution in [2.75, 3.05) is 0 Å². The Morgan fingerprint density at radius 3 is 2.50 bits per heavy atom. The first-order valence-corrected chi connectivity index (χ1v) is 4.66. The molecule has 0 saturated carbocycles. The van der Waals surface area contributed by atoms with Gasteiger partial charge in [-0.15, -0.1) is 0 Å². The van der Waals surface area contributed by atoms with E-state index < -0.39 is 21.5 Å². The summed E-state index contributed by atoms with van der Waals surface area (Å²) in [5.74, 6) is -0.915. The second-order valence-corrected chi connectivity index (χ2v) is 3.48. The second-order valence-electron chi connectivity index (χ2n) is 1.97.